The molecule has 0 bridgehead atoms. The molecular weight excluding hydrogens is 264 g/mol. The number of ether oxygens (including phenoxy) is 1. The van der Waals surface area contributed by atoms with Crippen molar-refractivity contribution in [3.8, 4) is 11.8 Å². The van der Waals surface area contributed by atoms with E-state index in [0.717, 1.165) is 19.3 Å². The van der Waals surface area contributed by atoms with Crippen LogP contribution in [0.5, 0.6) is 5.75 Å². The minimum absolute atomic E-state index is 0.0578. The van der Waals surface area contributed by atoms with Crippen molar-refractivity contribution in [2.24, 2.45) is 0 Å². The van der Waals surface area contributed by atoms with Crippen molar-refractivity contribution in [3.63, 3.8) is 0 Å². The molecule has 0 unspecified atom stereocenters. The molecule has 0 fully saturated rings. The highest BCUT2D eigenvalue weighted by molar-refractivity contribution is 5.77. The first-order valence-corrected chi connectivity index (χ1v) is 7.36. The Morgan fingerprint density at radius 3 is 2.95 bits per heavy atom. The maximum absolute atomic E-state index is 11.7. The highest BCUT2D eigenvalue weighted by Crippen LogP contribution is 2.19. The van der Waals surface area contributed by atoms with Crippen LogP contribution in [-0.4, -0.2) is 19.1 Å². The van der Waals surface area contributed by atoms with E-state index in [2.05, 4.69) is 11.4 Å². The van der Waals surface area contributed by atoms with Gasteiger partial charge in [-0.1, -0.05) is 23.8 Å². The summed E-state index contributed by atoms with van der Waals surface area (Å²) >= 11 is 0. The molecule has 1 aliphatic carbocycles. The number of carbonyl (C=O) groups excluding carboxylic acids is 1. The quantitative estimate of drug-likeness (QED) is 0.817. The lowest BCUT2D eigenvalue weighted by Gasteiger charge is -2.13. The van der Waals surface area contributed by atoms with Crippen molar-refractivity contribution in [1.29, 1.82) is 5.26 Å². The summed E-state index contributed by atoms with van der Waals surface area (Å²) < 4.78 is 5.38. The number of benzene rings is 1. The van der Waals surface area contributed by atoms with E-state index in [1.165, 1.54) is 18.4 Å². The fourth-order valence-corrected chi connectivity index (χ4v) is 2.37. The van der Waals surface area contributed by atoms with Gasteiger partial charge in [0.1, 0.15) is 11.8 Å². The van der Waals surface area contributed by atoms with Gasteiger partial charge in [0.2, 0.25) is 0 Å². The summed E-state index contributed by atoms with van der Waals surface area (Å²) in [4.78, 5) is 11.7. The summed E-state index contributed by atoms with van der Waals surface area (Å²) in [5, 5.41) is 11.8. The summed E-state index contributed by atoms with van der Waals surface area (Å²) in [5.41, 5.74) is 1.88. The van der Waals surface area contributed by atoms with Gasteiger partial charge in [-0.3, -0.25) is 4.79 Å². The van der Waals surface area contributed by atoms with Gasteiger partial charge < -0.3 is 10.1 Å². The van der Waals surface area contributed by atoms with Crippen molar-refractivity contribution < 1.29 is 9.53 Å². The Labute approximate surface area is 125 Å². The van der Waals surface area contributed by atoms with Crippen molar-refractivity contribution >= 4 is 5.91 Å². The highest BCUT2D eigenvalue weighted by atomic mass is 16.5. The molecule has 110 valence electrons. The molecule has 21 heavy (non-hydrogen) atoms. The second kappa shape index (κ2) is 8.11. The maximum Gasteiger partial charge on any atom is 0.257 e. The van der Waals surface area contributed by atoms with Crippen molar-refractivity contribution in [1.82, 2.24) is 5.32 Å². The monoisotopic (exact) mass is 284 g/mol. The van der Waals surface area contributed by atoms with Crippen LogP contribution in [0.2, 0.25) is 0 Å². The summed E-state index contributed by atoms with van der Waals surface area (Å²) in [5.74, 6) is 0.296. The summed E-state index contributed by atoms with van der Waals surface area (Å²) in [7, 11) is 0. The SMILES string of the molecule is N#Cc1ccccc1OCC(=O)NCCC1=CCCCC1. The smallest absolute Gasteiger partial charge is 0.257 e. The van der Waals surface area contributed by atoms with Gasteiger partial charge in [0.15, 0.2) is 6.61 Å². The van der Waals surface area contributed by atoms with E-state index < -0.39 is 0 Å². The molecule has 0 spiro atoms. The Balaban J connectivity index is 1.70. The van der Waals surface area contributed by atoms with Gasteiger partial charge in [-0.05, 0) is 44.2 Å². The topological polar surface area (TPSA) is 62.1 Å². The molecule has 1 aliphatic rings. The Hall–Kier alpha value is -2.28. The van der Waals surface area contributed by atoms with Crippen molar-refractivity contribution in [2.75, 3.05) is 13.2 Å². The highest BCUT2D eigenvalue weighted by Gasteiger charge is 2.07. The third-order valence-corrected chi connectivity index (χ3v) is 3.52. The predicted molar refractivity (Wildman–Crippen MR) is 80.8 cm³/mol. The van der Waals surface area contributed by atoms with E-state index in [-0.39, 0.29) is 12.5 Å². The molecule has 0 saturated carbocycles. The van der Waals surface area contributed by atoms with E-state index in [9.17, 15) is 4.79 Å². The van der Waals surface area contributed by atoms with Crippen LogP contribution in [0.3, 0.4) is 0 Å². The lowest BCUT2D eigenvalue weighted by molar-refractivity contribution is -0.123. The molecule has 1 amide bonds. The molecule has 4 nitrogen and oxygen atoms in total. The Bertz CT molecular complexity index is 558. The van der Waals surface area contributed by atoms with E-state index >= 15 is 0 Å². The molecule has 0 radical (unpaired) electrons. The van der Waals surface area contributed by atoms with Crippen LogP contribution in [0.4, 0.5) is 0 Å². The molecular formula is C17H20N2O2. The minimum Gasteiger partial charge on any atom is -0.482 e. The average molecular weight is 284 g/mol. The maximum atomic E-state index is 11.7. The number of hydrogen-bond acceptors (Lipinski definition) is 3. The molecule has 0 heterocycles. The standard InChI is InChI=1S/C17H20N2O2/c18-12-15-8-4-5-9-16(15)21-13-17(20)19-11-10-14-6-2-1-3-7-14/h4-6,8-9H,1-3,7,10-11,13H2,(H,19,20). The normalized spacial score (nSPS) is 14.0. The molecule has 0 atom stereocenters. The second-order valence-electron chi connectivity index (χ2n) is 5.10. The number of nitriles is 1. The Kier molecular flexibility index (Phi) is 5.83. The molecule has 0 saturated heterocycles. The van der Waals surface area contributed by atoms with E-state index in [1.54, 1.807) is 24.3 Å². The first kappa shape index (κ1) is 15.1. The van der Waals surface area contributed by atoms with Crippen molar-refractivity contribution in [3.05, 3.63) is 41.5 Å². The number of nitrogens with one attached hydrogen (secondary N) is 1. The molecule has 1 N–H and O–H groups in total. The predicted octanol–water partition coefficient (Wildman–Crippen LogP) is 2.94. The van der Waals surface area contributed by atoms with Gasteiger partial charge in [-0.25, -0.2) is 0 Å². The molecule has 1 aromatic carbocycles. The summed E-state index contributed by atoms with van der Waals surface area (Å²) in [6.45, 7) is 0.589. The van der Waals surface area contributed by atoms with Gasteiger partial charge >= 0.3 is 0 Å². The zero-order valence-corrected chi connectivity index (χ0v) is 12.1. The minimum atomic E-state index is -0.154. The average Bonchev–Trinajstić information content (AvgIpc) is 2.54. The number of hydrogen-bond donors (Lipinski definition) is 1. The van der Waals surface area contributed by atoms with Crippen LogP contribution >= 0.6 is 0 Å². The number of carbonyl (C=O) groups is 1. The first-order valence-electron chi connectivity index (χ1n) is 7.36. The van der Waals surface area contributed by atoms with Gasteiger partial charge in [-0.15, -0.1) is 0 Å². The number of para-hydroxylation sites is 1. The summed E-state index contributed by atoms with van der Waals surface area (Å²) in [6, 6.07) is 8.95. The van der Waals surface area contributed by atoms with Gasteiger partial charge in [0.25, 0.3) is 5.91 Å². The fraction of sp³-hybridized carbons (Fsp3) is 0.412. The van der Waals surface area contributed by atoms with Crippen LogP contribution in [0.25, 0.3) is 0 Å². The molecule has 2 rings (SSSR count). The molecule has 0 aromatic heterocycles. The third-order valence-electron chi connectivity index (χ3n) is 3.52. The molecule has 1 aromatic rings. The zero-order chi connectivity index (χ0) is 14.9. The van der Waals surface area contributed by atoms with Crippen LogP contribution in [0.1, 0.15) is 37.7 Å². The van der Waals surface area contributed by atoms with E-state index in [4.69, 9.17) is 10.00 Å². The third kappa shape index (κ3) is 4.96. The second-order valence-corrected chi connectivity index (χ2v) is 5.10. The lowest BCUT2D eigenvalue weighted by Crippen LogP contribution is -2.30. The van der Waals surface area contributed by atoms with Crippen LogP contribution in [0.15, 0.2) is 35.9 Å². The summed E-state index contributed by atoms with van der Waals surface area (Å²) in [6.07, 6.45) is 8.06. The van der Waals surface area contributed by atoms with Gasteiger partial charge in [-0.2, -0.15) is 5.26 Å². The zero-order valence-electron chi connectivity index (χ0n) is 12.1. The number of amides is 1. The van der Waals surface area contributed by atoms with Crippen LogP contribution < -0.4 is 10.1 Å². The van der Waals surface area contributed by atoms with E-state index in [0.29, 0.717) is 17.9 Å². The van der Waals surface area contributed by atoms with E-state index in [1.807, 2.05) is 6.07 Å². The van der Waals surface area contributed by atoms with Crippen LogP contribution in [0, 0.1) is 11.3 Å². The lowest BCUT2D eigenvalue weighted by atomic mass is 9.97. The Morgan fingerprint density at radius 2 is 2.19 bits per heavy atom. The van der Waals surface area contributed by atoms with Crippen LogP contribution in [-0.2, 0) is 4.79 Å². The molecule has 4 heteroatoms. The first-order chi connectivity index (χ1) is 10.3. The molecule has 0 aliphatic heterocycles. The number of allylic oxidation sites excluding steroid dienone is 1. The largest absolute Gasteiger partial charge is 0.482 e. The van der Waals surface area contributed by atoms with Gasteiger partial charge in [0.05, 0.1) is 5.56 Å². The van der Waals surface area contributed by atoms with Gasteiger partial charge in [0, 0.05) is 6.54 Å². The number of rotatable bonds is 6. The Morgan fingerprint density at radius 1 is 1.33 bits per heavy atom. The van der Waals surface area contributed by atoms with Crippen molar-refractivity contribution in [2.45, 2.75) is 32.1 Å². The fourth-order valence-electron chi connectivity index (χ4n) is 2.37. The number of nitrogens with zero attached hydrogens (tertiary/aromatic N) is 1.